The molecule has 0 saturated carbocycles. The number of hydrogen-bond acceptors (Lipinski definition) is 0. The molecule has 0 heterocycles. The molecule has 0 radical (unpaired) electrons. The fraction of sp³-hybridized carbons (Fsp3) is 0.0435. The Bertz CT molecular complexity index is 2360. The number of aryl methyl sites for hydroxylation is 1. The first-order chi connectivity index (χ1) is 22.6. The Kier molecular flexibility index (Phi) is 7.04. The molecule has 0 aliphatic carbocycles. The van der Waals surface area contributed by atoms with Crippen LogP contribution in [0.3, 0.4) is 0 Å². The standard InChI is InChI=1S/C46H34/c1-31-11-3-5-15-40(31)42-20-10-19-41(32(42)2)38-14-9-13-37(29-38)35-23-21-33(22-24-35)34-25-27-36(28-26-34)46-30-39-12-4-6-16-43(39)44-17-7-8-18-45(44)46/h3-30H,1-2H3. The summed E-state index contributed by atoms with van der Waals surface area (Å²) in [7, 11) is 0. The van der Waals surface area contributed by atoms with E-state index in [1.54, 1.807) is 0 Å². The van der Waals surface area contributed by atoms with Gasteiger partial charge >= 0.3 is 0 Å². The van der Waals surface area contributed by atoms with Gasteiger partial charge in [-0.3, -0.25) is 0 Å². The summed E-state index contributed by atoms with van der Waals surface area (Å²) in [6, 6.07) is 62.0. The third-order valence-electron chi connectivity index (χ3n) is 9.46. The first-order valence-electron chi connectivity index (χ1n) is 16.0. The van der Waals surface area contributed by atoms with Crippen LogP contribution in [0.2, 0.25) is 0 Å². The van der Waals surface area contributed by atoms with E-state index in [-0.39, 0.29) is 0 Å². The maximum atomic E-state index is 2.33. The molecular weight excluding hydrogens is 553 g/mol. The quantitative estimate of drug-likeness (QED) is 0.176. The largest absolute Gasteiger partial charge is 0.0620 e. The molecule has 0 spiro atoms. The van der Waals surface area contributed by atoms with Crippen molar-refractivity contribution >= 4 is 21.5 Å². The average molecular weight is 587 g/mol. The topological polar surface area (TPSA) is 0 Å². The Balaban J connectivity index is 1.08. The van der Waals surface area contributed by atoms with E-state index in [2.05, 4.69) is 184 Å². The highest BCUT2D eigenvalue weighted by molar-refractivity contribution is 6.13. The maximum Gasteiger partial charge on any atom is -0.00990 e. The zero-order chi connectivity index (χ0) is 31.0. The lowest BCUT2D eigenvalue weighted by Gasteiger charge is -2.15. The van der Waals surface area contributed by atoms with E-state index < -0.39 is 0 Å². The molecule has 0 fully saturated rings. The molecule has 8 rings (SSSR count). The summed E-state index contributed by atoms with van der Waals surface area (Å²) in [5.41, 5.74) is 15.1. The van der Waals surface area contributed by atoms with Crippen molar-refractivity contribution in [3.8, 4) is 55.6 Å². The zero-order valence-corrected chi connectivity index (χ0v) is 26.2. The molecule has 0 saturated heterocycles. The van der Waals surface area contributed by atoms with Crippen molar-refractivity contribution in [1.82, 2.24) is 0 Å². The summed E-state index contributed by atoms with van der Waals surface area (Å²) in [5, 5.41) is 5.16. The van der Waals surface area contributed by atoms with E-state index in [9.17, 15) is 0 Å². The highest BCUT2D eigenvalue weighted by Gasteiger charge is 2.12. The average Bonchev–Trinajstić information content (AvgIpc) is 3.12. The summed E-state index contributed by atoms with van der Waals surface area (Å²) < 4.78 is 0. The van der Waals surface area contributed by atoms with Gasteiger partial charge < -0.3 is 0 Å². The fourth-order valence-electron chi connectivity index (χ4n) is 6.97. The SMILES string of the molecule is Cc1ccccc1-c1cccc(-c2cccc(-c3ccc(-c4ccc(-c5cc6ccccc6c6ccccc56)cc4)cc3)c2)c1C. The van der Waals surface area contributed by atoms with Gasteiger partial charge in [0.2, 0.25) is 0 Å². The minimum absolute atomic E-state index is 1.22. The van der Waals surface area contributed by atoms with Crippen LogP contribution in [-0.4, -0.2) is 0 Å². The third kappa shape index (κ3) is 4.99. The van der Waals surface area contributed by atoms with Crippen LogP contribution < -0.4 is 0 Å². The van der Waals surface area contributed by atoms with Crippen molar-refractivity contribution in [2.75, 3.05) is 0 Å². The second-order valence-electron chi connectivity index (χ2n) is 12.2. The Labute approximate surface area is 271 Å². The van der Waals surface area contributed by atoms with E-state index in [0.29, 0.717) is 0 Å². The molecule has 46 heavy (non-hydrogen) atoms. The number of rotatable bonds is 5. The molecule has 0 N–H and O–H groups in total. The van der Waals surface area contributed by atoms with Crippen LogP contribution in [0.15, 0.2) is 170 Å². The van der Waals surface area contributed by atoms with Gasteiger partial charge in [0, 0.05) is 0 Å². The van der Waals surface area contributed by atoms with Crippen molar-refractivity contribution < 1.29 is 0 Å². The summed E-state index contributed by atoms with van der Waals surface area (Å²) >= 11 is 0. The first-order valence-corrected chi connectivity index (χ1v) is 16.0. The van der Waals surface area contributed by atoms with Crippen LogP contribution in [0.4, 0.5) is 0 Å². The minimum atomic E-state index is 1.22. The van der Waals surface area contributed by atoms with Crippen LogP contribution in [0.1, 0.15) is 11.1 Å². The molecule has 218 valence electrons. The molecule has 0 nitrogen and oxygen atoms in total. The third-order valence-corrected chi connectivity index (χ3v) is 9.46. The minimum Gasteiger partial charge on any atom is -0.0620 e. The van der Waals surface area contributed by atoms with Gasteiger partial charge in [-0.1, -0.05) is 158 Å². The molecule has 0 atom stereocenters. The normalized spacial score (nSPS) is 11.3. The Hall–Kier alpha value is -5.72. The molecule has 8 aromatic carbocycles. The van der Waals surface area contributed by atoms with E-state index in [1.165, 1.54) is 88.3 Å². The first kappa shape index (κ1) is 27.8. The van der Waals surface area contributed by atoms with Crippen molar-refractivity contribution in [2.24, 2.45) is 0 Å². The molecule has 0 amide bonds. The highest BCUT2D eigenvalue weighted by atomic mass is 14.2. The van der Waals surface area contributed by atoms with Crippen molar-refractivity contribution in [3.05, 3.63) is 181 Å². The van der Waals surface area contributed by atoms with Crippen molar-refractivity contribution in [3.63, 3.8) is 0 Å². The maximum absolute atomic E-state index is 2.33. The lowest BCUT2D eigenvalue weighted by molar-refractivity contribution is 1.40. The molecular formula is C46H34. The van der Waals surface area contributed by atoms with Crippen LogP contribution in [0.25, 0.3) is 77.2 Å². The van der Waals surface area contributed by atoms with Gasteiger partial charge in [0.15, 0.2) is 0 Å². The highest BCUT2D eigenvalue weighted by Crippen LogP contribution is 2.37. The predicted molar refractivity (Wildman–Crippen MR) is 198 cm³/mol. The molecule has 0 unspecified atom stereocenters. The molecule has 0 heteroatoms. The van der Waals surface area contributed by atoms with Crippen LogP contribution in [0, 0.1) is 13.8 Å². The lowest BCUT2D eigenvalue weighted by Crippen LogP contribution is -1.91. The molecule has 0 bridgehead atoms. The number of hydrogen-bond donors (Lipinski definition) is 0. The second-order valence-corrected chi connectivity index (χ2v) is 12.2. The summed E-state index contributed by atoms with van der Waals surface area (Å²) in [6.07, 6.45) is 0. The zero-order valence-electron chi connectivity index (χ0n) is 26.2. The Morgan fingerprint density at radius 3 is 1.54 bits per heavy atom. The van der Waals surface area contributed by atoms with Crippen LogP contribution in [-0.2, 0) is 0 Å². The fourth-order valence-corrected chi connectivity index (χ4v) is 6.97. The van der Waals surface area contributed by atoms with Crippen LogP contribution in [0.5, 0.6) is 0 Å². The van der Waals surface area contributed by atoms with Gasteiger partial charge in [-0.2, -0.15) is 0 Å². The smallest absolute Gasteiger partial charge is 0.00990 e. The van der Waals surface area contributed by atoms with E-state index >= 15 is 0 Å². The predicted octanol–water partition coefficient (Wildman–Crippen LogP) is 12.9. The van der Waals surface area contributed by atoms with Crippen molar-refractivity contribution in [1.29, 1.82) is 0 Å². The van der Waals surface area contributed by atoms with Gasteiger partial charge in [0.1, 0.15) is 0 Å². The number of benzene rings is 8. The van der Waals surface area contributed by atoms with Crippen molar-refractivity contribution in [2.45, 2.75) is 13.8 Å². The Morgan fingerprint density at radius 2 is 0.804 bits per heavy atom. The van der Waals surface area contributed by atoms with Gasteiger partial charge in [-0.05, 0) is 114 Å². The van der Waals surface area contributed by atoms with E-state index in [1.807, 2.05) is 0 Å². The van der Waals surface area contributed by atoms with Gasteiger partial charge in [-0.25, -0.2) is 0 Å². The summed E-state index contributed by atoms with van der Waals surface area (Å²) in [5.74, 6) is 0. The lowest BCUT2D eigenvalue weighted by atomic mass is 9.90. The Morgan fingerprint density at radius 1 is 0.283 bits per heavy atom. The molecule has 0 aromatic heterocycles. The van der Waals surface area contributed by atoms with E-state index in [0.717, 1.165) is 0 Å². The summed E-state index contributed by atoms with van der Waals surface area (Å²) in [4.78, 5) is 0. The molecule has 0 aliphatic heterocycles. The van der Waals surface area contributed by atoms with Crippen LogP contribution >= 0.6 is 0 Å². The second kappa shape index (κ2) is 11.7. The molecule has 8 aromatic rings. The monoisotopic (exact) mass is 586 g/mol. The van der Waals surface area contributed by atoms with E-state index in [4.69, 9.17) is 0 Å². The van der Waals surface area contributed by atoms with Gasteiger partial charge in [0.25, 0.3) is 0 Å². The van der Waals surface area contributed by atoms with Gasteiger partial charge in [0.05, 0.1) is 0 Å². The van der Waals surface area contributed by atoms with Gasteiger partial charge in [-0.15, -0.1) is 0 Å². The number of fused-ring (bicyclic) bond motifs is 3. The summed E-state index contributed by atoms with van der Waals surface area (Å²) in [6.45, 7) is 4.43. The molecule has 0 aliphatic rings.